The maximum Gasteiger partial charge on any atom is 0.0159 e. The molecule has 1 atom stereocenters. The van der Waals surface area contributed by atoms with E-state index in [0.29, 0.717) is 18.1 Å². The molecule has 0 fully saturated rings. The molecule has 0 aromatic carbocycles. The van der Waals surface area contributed by atoms with Gasteiger partial charge in [-0.1, -0.05) is 6.92 Å². The molecule has 0 aromatic rings. The molecule has 0 aliphatic rings. The van der Waals surface area contributed by atoms with Crippen LogP contribution in [0.1, 0.15) is 89.0 Å². The first-order valence-electron chi connectivity index (χ1n) is 8.89. The zero-order valence-corrected chi connectivity index (χ0v) is 16.7. The lowest BCUT2D eigenvalue weighted by Crippen LogP contribution is -2.53. The molecule has 0 spiro atoms. The molecule has 0 rings (SSSR count). The molecule has 0 amide bonds. The molecular weight excluding hydrogens is 256 g/mol. The highest BCUT2D eigenvalue weighted by Crippen LogP contribution is 2.28. The standard InChI is InChI=1S/C19H42N2/c1-12-20(18(7,8)9)17(6)13-14-19(10,11)21(15(2)3)16(4)5/h15-17H,12-14H2,1-11H3. The SMILES string of the molecule is CCN(C(C)CCC(C)(C)N(C(C)C)C(C)C)C(C)(C)C. The van der Waals surface area contributed by atoms with E-state index in [4.69, 9.17) is 0 Å². The first-order chi connectivity index (χ1) is 9.34. The van der Waals surface area contributed by atoms with Crippen molar-refractivity contribution in [2.45, 2.75) is 118 Å². The molecule has 0 aliphatic heterocycles. The van der Waals surface area contributed by atoms with Gasteiger partial charge >= 0.3 is 0 Å². The van der Waals surface area contributed by atoms with E-state index in [-0.39, 0.29) is 11.1 Å². The number of nitrogens with zero attached hydrogens (tertiary/aromatic N) is 2. The van der Waals surface area contributed by atoms with Crippen LogP contribution in [-0.2, 0) is 0 Å². The van der Waals surface area contributed by atoms with E-state index in [1.165, 1.54) is 12.8 Å². The second kappa shape index (κ2) is 7.97. The molecule has 0 saturated carbocycles. The highest BCUT2D eigenvalue weighted by molar-refractivity contribution is 4.88. The van der Waals surface area contributed by atoms with Crippen LogP contribution in [0.4, 0.5) is 0 Å². The summed E-state index contributed by atoms with van der Waals surface area (Å²) < 4.78 is 0. The topological polar surface area (TPSA) is 6.48 Å². The molecule has 0 bridgehead atoms. The largest absolute Gasteiger partial charge is 0.296 e. The fraction of sp³-hybridized carbons (Fsp3) is 1.00. The van der Waals surface area contributed by atoms with E-state index in [0.717, 1.165) is 6.54 Å². The Balaban J connectivity index is 4.81. The molecule has 0 heterocycles. The fourth-order valence-corrected chi connectivity index (χ4v) is 4.29. The van der Waals surface area contributed by atoms with Crippen molar-refractivity contribution in [3.8, 4) is 0 Å². The molecule has 2 heteroatoms. The van der Waals surface area contributed by atoms with Crippen molar-refractivity contribution in [3.05, 3.63) is 0 Å². The van der Waals surface area contributed by atoms with Gasteiger partial charge in [-0.15, -0.1) is 0 Å². The number of hydrogen-bond acceptors (Lipinski definition) is 2. The average Bonchev–Trinajstić information content (AvgIpc) is 2.23. The summed E-state index contributed by atoms with van der Waals surface area (Å²) in [6.45, 7) is 26.9. The van der Waals surface area contributed by atoms with E-state index < -0.39 is 0 Å². The van der Waals surface area contributed by atoms with Gasteiger partial charge in [-0.05, 0) is 88.6 Å². The predicted octanol–water partition coefficient (Wildman–Crippen LogP) is 5.17. The van der Waals surface area contributed by atoms with Gasteiger partial charge in [-0.25, -0.2) is 0 Å². The van der Waals surface area contributed by atoms with Gasteiger partial charge in [0.25, 0.3) is 0 Å². The first kappa shape index (κ1) is 20.9. The van der Waals surface area contributed by atoms with E-state index in [1.54, 1.807) is 0 Å². The Labute approximate surface area is 135 Å². The van der Waals surface area contributed by atoms with Crippen LogP contribution in [0, 0.1) is 0 Å². The third kappa shape index (κ3) is 6.28. The zero-order valence-electron chi connectivity index (χ0n) is 16.7. The molecular formula is C19H42N2. The first-order valence-corrected chi connectivity index (χ1v) is 8.89. The van der Waals surface area contributed by atoms with Crippen LogP contribution in [0.2, 0.25) is 0 Å². The summed E-state index contributed by atoms with van der Waals surface area (Å²) in [5.74, 6) is 0. The molecule has 21 heavy (non-hydrogen) atoms. The summed E-state index contributed by atoms with van der Waals surface area (Å²) in [4.78, 5) is 5.28. The van der Waals surface area contributed by atoms with Crippen LogP contribution < -0.4 is 0 Å². The lowest BCUT2D eigenvalue weighted by atomic mass is 9.90. The Morgan fingerprint density at radius 2 is 1.24 bits per heavy atom. The second-order valence-electron chi connectivity index (χ2n) is 8.75. The van der Waals surface area contributed by atoms with Gasteiger partial charge in [-0.3, -0.25) is 9.80 Å². The Hall–Kier alpha value is -0.0800. The van der Waals surface area contributed by atoms with Gasteiger partial charge in [0.05, 0.1) is 0 Å². The van der Waals surface area contributed by atoms with Crippen molar-refractivity contribution in [1.29, 1.82) is 0 Å². The van der Waals surface area contributed by atoms with Crippen LogP contribution in [0.3, 0.4) is 0 Å². The summed E-state index contributed by atoms with van der Waals surface area (Å²) in [5, 5.41) is 0. The van der Waals surface area contributed by atoms with Crippen molar-refractivity contribution in [2.75, 3.05) is 6.54 Å². The third-order valence-electron chi connectivity index (χ3n) is 4.72. The van der Waals surface area contributed by atoms with Crippen molar-refractivity contribution in [2.24, 2.45) is 0 Å². The van der Waals surface area contributed by atoms with Crippen molar-refractivity contribution in [1.82, 2.24) is 9.80 Å². The summed E-state index contributed by atoms with van der Waals surface area (Å²) in [6.07, 6.45) is 2.51. The van der Waals surface area contributed by atoms with Gasteiger partial charge in [0.1, 0.15) is 0 Å². The zero-order chi connectivity index (χ0) is 17.0. The summed E-state index contributed by atoms with van der Waals surface area (Å²) in [5.41, 5.74) is 0.516. The summed E-state index contributed by atoms with van der Waals surface area (Å²) >= 11 is 0. The monoisotopic (exact) mass is 298 g/mol. The van der Waals surface area contributed by atoms with E-state index >= 15 is 0 Å². The van der Waals surface area contributed by atoms with Crippen LogP contribution >= 0.6 is 0 Å². The predicted molar refractivity (Wildman–Crippen MR) is 97.0 cm³/mol. The molecule has 2 nitrogen and oxygen atoms in total. The minimum Gasteiger partial charge on any atom is -0.296 e. The molecule has 0 radical (unpaired) electrons. The van der Waals surface area contributed by atoms with Gasteiger partial charge < -0.3 is 0 Å². The molecule has 0 saturated heterocycles. The van der Waals surface area contributed by atoms with Crippen LogP contribution in [0.25, 0.3) is 0 Å². The Morgan fingerprint density at radius 3 is 1.52 bits per heavy atom. The van der Waals surface area contributed by atoms with E-state index in [1.807, 2.05) is 0 Å². The highest BCUT2D eigenvalue weighted by Gasteiger charge is 2.32. The van der Waals surface area contributed by atoms with Crippen molar-refractivity contribution >= 4 is 0 Å². The van der Waals surface area contributed by atoms with E-state index in [9.17, 15) is 0 Å². The highest BCUT2D eigenvalue weighted by atomic mass is 15.2. The molecule has 128 valence electrons. The van der Waals surface area contributed by atoms with Crippen LogP contribution in [-0.4, -0.2) is 45.5 Å². The smallest absolute Gasteiger partial charge is 0.0159 e. The normalized spacial score (nSPS) is 15.6. The minimum atomic E-state index is 0.258. The molecule has 1 unspecified atom stereocenters. The quantitative estimate of drug-likeness (QED) is 0.609. The van der Waals surface area contributed by atoms with Gasteiger partial charge in [0, 0.05) is 29.2 Å². The molecule has 0 aromatic heterocycles. The maximum absolute atomic E-state index is 2.66. The fourth-order valence-electron chi connectivity index (χ4n) is 4.29. The van der Waals surface area contributed by atoms with Crippen molar-refractivity contribution < 1.29 is 0 Å². The average molecular weight is 299 g/mol. The number of rotatable bonds is 8. The lowest BCUT2D eigenvalue weighted by Gasteiger charge is -2.46. The third-order valence-corrected chi connectivity index (χ3v) is 4.72. The summed E-state index contributed by atoms with van der Waals surface area (Å²) in [6, 6.07) is 1.83. The molecule has 0 aliphatic carbocycles. The van der Waals surface area contributed by atoms with Gasteiger partial charge in [0.15, 0.2) is 0 Å². The van der Waals surface area contributed by atoms with Crippen LogP contribution in [0.5, 0.6) is 0 Å². The lowest BCUT2D eigenvalue weighted by molar-refractivity contribution is 0.0286. The second-order valence-corrected chi connectivity index (χ2v) is 8.75. The van der Waals surface area contributed by atoms with Crippen molar-refractivity contribution in [3.63, 3.8) is 0 Å². The Kier molecular flexibility index (Phi) is 7.94. The maximum atomic E-state index is 2.66. The summed E-state index contributed by atoms with van der Waals surface area (Å²) in [7, 11) is 0. The Bertz CT molecular complexity index is 278. The van der Waals surface area contributed by atoms with Gasteiger partial charge in [0.2, 0.25) is 0 Å². The van der Waals surface area contributed by atoms with Crippen LogP contribution in [0.15, 0.2) is 0 Å². The van der Waals surface area contributed by atoms with Gasteiger partial charge in [-0.2, -0.15) is 0 Å². The number of hydrogen-bond donors (Lipinski definition) is 0. The Morgan fingerprint density at radius 1 is 0.810 bits per heavy atom. The van der Waals surface area contributed by atoms with E-state index in [2.05, 4.69) is 86.0 Å². The minimum absolute atomic E-state index is 0.258. The molecule has 0 N–H and O–H groups in total.